The van der Waals surface area contributed by atoms with Gasteiger partial charge < -0.3 is 10.3 Å². The van der Waals surface area contributed by atoms with Crippen molar-refractivity contribution in [2.75, 3.05) is 12.3 Å². The lowest BCUT2D eigenvalue weighted by Gasteiger charge is -2.00. The topological polar surface area (TPSA) is 63.3 Å². The maximum atomic E-state index is 10.2. The van der Waals surface area contributed by atoms with Gasteiger partial charge in [0.2, 0.25) is 0 Å². The Hall–Kier alpha value is -0.190. The molecule has 1 atom stereocenters. The van der Waals surface area contributed by atoms with Gasteiger partial charge in [-0.1, -0.05) is 11.6 Å². The van der Waals surface area contributed by atoms with Crippen molar-refractivity contribution in [2.45, 2.75) is 19.8 Å². The van der Waals surface area contributed by atoms with Crippen LogP contribution >= 0.6 is 0 Å². The molecule has 4 heteroatoms. The van der Waals surface area contributed by atoms with Crippen molar-refractivity contribution >= 4 is 11.1 Å². The standard InChI is InChI=1S/C7H15NO2S/c1-2-7(6-8)4-3-5-11(9)10/h2H,3-6,8H2,1H3,(H,9,10)/b7-2-. The normalized spacial score (nSPS) is 15.0. The molecule has 3 N–H and O–H groups in total. The molecule has 0 heterocycles. The average molecular weight is 177 g/mol. The molecule has 0 saturated carbocycles. The van der Waals surface area contributed by atoms with Crippen LogP contribution in [0.2, 0.25) is 0 Å². The summed E-state index contributed by atoms with van der Waals surface area (Å²) in [5.74, 6) is 0.345. The summed E-state index contributed by atoms with van der Waals surface area (Å²) >= 11 is -1.65. The molecule has 3 nitrogen and oxygen atoms in total. The first-order chi connectivity index (χ1) is 5.20. The van der Waals surface area contributed by atoms with Gasteiger partial charge in [0.05, 0.1) is 0 Å². The second-order valence-corrected chi connectivity index (χ2v) is 3.33. The molecule has 0 spiro atoms. The minimum Gasteiger partial charge on any atom is -0.327 e. The van der Waals surface area contributed by atoms with E-state index in [-0.39, 0.29) is 0 Å². The van der Waals surface area contributed by atoms with Crippen LogP contribution in [-0.4, -0.2) is 21.1 Å². The van der Waals surface area contributed by atoms with Crippen molar-refractivity contribution in [2.24, 2.45) is 5.73 Å². The Balaban J connectivity index is 3.45. The smallest absolute Gasteiger partial charge is 0.152 e. The van der Waals surface area contributed by atoms with Gasteiger partial charge in [-0.3, -0.25) is 0 Å². The van der Waals surface area contributed by atoms with E-state index in [9.17, 15) is 4.21 Å². The fourth-order valence-electron chi connectivity index (χ4n) is 0.787. The largest absolute Gasteiger partial charge is 0.327 e. The van der Waals surface area contributed by atoms with E-state index in [4.69, 9.17) is 10.3 Å². The first-order valence-corrected chi connectivity index (χ1v) is 4.90. The molecule has 0 bridgehead atoms. The van der Waals surface area contributed by atoms with E-state index >= 15 is 0 Å². The molecular weight excluding hydrogens is 162 g/mol. The Labute approximate surface area is 70.0 Å². The number of allylic oxidation sites excluding steroid dienone is 1. The van der Waals surface area contributed by atoms with Crippen LogP contribution < -0.4 is 5.73 Å². The Kier molecular flexibility index (Phi) is 6.40. The highest BCUT2D eigenvalue weighted by Crippen LogP contribution is 2.02. The third kappa shape index (κ3) is 6.22. The maximum absolute atomic E-state index is 10.2. The second-order valence-electron chi connectivity index (χ2n) is 2.28. The molecular formula is C7H15NO2S. The van der Waals surface area contributed by atoms with Gasteiger partial charge in [-0.05, 0) is 19.8 Å². The molecule has 66 valence electrons. The molecule has 0 aliphatic carbocycles. The zero-order chi connectivity index (χ0) is 8.69. The number of rotatable bonds is 5. The molecule has 0 fully saturated rings. The summed E-state index contributed by atoms with van der Waals surface area (Å²) in [6.45, 7) is 2.48. The van der Waals surface area contributed by atoms with Crippen LogP contribution in [0.3, 0.4) is 0 Å². The molecule has 0 aliphatic rings. The van der Waals surface area contributed by atoms with Crippen LogP contribution in [0.5, 0.6) is 0 Å². The Bertz CT molecular complexity index is 157. The average Bonchev–Trinajstić information content (AvgIpc) is 1.98. The summed E-state index contributed by atoms with van der Waals surface area (Å²) < 4.78 is 18.7. The fourth-order valence-corrected chi connectivity index (χ4v) is 1.18. The van der Waals surface area contributed by atoms with Gasteiger partial charge in [0.25, 0.3) is 0 Å². The van der Waals surface area contributed by atoms with E-state index < -0.39 is 11.1 Å². The quantitative estimate of drug-likeness (QED) is 0.484. The van der Waals surface area contributed by atoms with Crippen LogP contribution in [0.15, 0.2) is 11.6 Å². The highest BCUT2D eigenvalue weighted by Gasteiger charge is 1.96. The second kappa shape index (κ2) is 6.52. The predicted octanol–water partition coefficient (Wildman–Crippen LogP) is 0.893. The summed E-state index contributed by atoms with van der Waals surface area (Å²) in [7, 11) is 0. The van der Waals surface area contributed by atoms with Crippen molar-refractivity contribution in [3.63, 3.8) is 0 Å². The number of nitrogens with two attached hydrogens (primary N) is 1. The van der Waals surface area contributed by atoms with Gasteiger partial charge in [0, 0.05) is 12.3 Å². The van der Waals surface area contributed by atoms with E-state index in [0.29, 0.717) is 12.3 Å². The van der Waals surface area contributed by atoms with Crippen molar-refractivity contribution < 1.29 is 8.76 Å². The maximum Gasteiger partial charge on any atom is 0.152 e. The van der Waals surface area contributed by atoms with Crippen molar-refractivity contribution in [1.82, 2.24) is 0 Å². The summed E-state index contributed by atoms with van der Waals surface area (Å²) in [5, 5.41) is 0. The third-order valence-corrected chi connectivity index (χ3v) is 2.13. The van der Waals surface area contributed by atoms with E-state index in [1.54, 1.807) is 0 Å². The summed E-state index contributed by atoms with van der Waals surface area (Å²) in [5.41, 5.74) is 6.54. The number of hydrogen-bond donors (Lipinski definition) is 2. The van der Waals surface area contributed by atoms with Gasteiger partial charge >= 0.3 is 0 Å². The monoisotopic (exact) mass is 177 g/mol. The van der Waals surface area contributed by atoms with Crippen molar-refractivity contribution in [3.05, 3.63) is 11.6 Å². The molecule has 0 radical (unpaired) electrons. The minimum absolute atomic E-state index is 0.345. The fraction of sp³-hybridized carbons (Fsp3) is 0.714. The van der Waals surface area contributed by atoms with Gasteiger partial charge in [-0.2, -0.15) is 0 Å². The Morgan fingerprint density at radius 3 is 2.73 bits per heavy atom. The molecule has 0 aromatic rings. The molecule has 0 aliphatic heterocycles. The molecule has 0 saturated heterocycles. The van der Waals surface area contributed by atoms with E-state index in [0.717, 1.165) is 18.4 Å². The third-order valence-electron chi connectivity index (χ3n) is 1.49. The Morgan fingerprint density at radius 1 is 1.73 bits per heavy atom. The molecule has 0 amide bonds. The van der Waals surface area contributed by atoms with Gasteiger partial charge in [0.15, 0.2) is 11.1 Å². The van der Waals surface area contributed by atoms with Crippen molar-refractivity contribution in [1.29, 1.82) is 0 Å². The van der Waals surface area contributed by atoms with E-state index in [2.05, 4.69) is 0 Å². The van der Waals surface area contributed by atoms with Crippen LogP contribution in [0.25, 0.3) is 0 Å². The summed E-state index contributed by atoms with van der Waals surface area (Å²) in [6.07, 6.45) is 3.53. The first kappa shape index (κ1) is 10.8. The van der Waals surface area contributed by atoms with Gasteiger partial charge in [-0.25, -0.2) is 4.21 Å². The lowest BCUT2D eigenvalue weighted by atomic mass is 10.1. The highest BCUT2D eigenvalue weighted by molar-refractivity contribution is 7.79. The van der Waals surface area contributed by atoms with Crippen LogP contribution in [-0.2, 0) is 11.1 Å². The zero-order valence-corrected chi connectivity index (χ0v) is 7.56. The molecule has 11 heavy (non-hydrogen) atoms. The van der Waals surface area contributed by atoms with E-state index in [1.807, 2.05) is 13.0 Å². The minimum atomic E-state index is -1.65. The van der Waals surface area contributed by atoms with E-state index in [1.165, 1.54) is 0 Å². The first-order valence-electron chi connectivity index (χ1n) is 3.62. The molecule has 0 aromatic carbocycles. The molecule has 0 rings (SSSR count). The zero-order valence-electron chi connectivity index (χ0n) is 6.75. The lowest BCUT2D eigenvalue weighted by Crippen LogP contribution is -2.04. The summed E-state index contributed by atoms with van der Waals surface area (Å²) in [6, 6.07) is 0. The predicted molar refractivity (Wildman–Crippen MR) is 47.7 cm³/mol. The molecule has 1 unspecified atom stereocenters. The van der Waals surface area contributed by atoms with Gasteiger partial charge in [-0.15, -0.1) is 0 Å². The van der Waals surface area contributed by atoms with Crippen molar-refractivity contribution in [3.8, 4) is 0 Å². The lowest BCUT2D eigenvalue weighted by molar-refractivity contribution is 0.561. The highest BCUT2D eigenvalue weighted by atomic mass is 32.2. The summed E-state index contributed by atoms with van der Waals surface area (Å²) in [4.78, 5) is 0. The van der Waals surface area contributed by atoms with Gasteiger partial charge in [0.1, 0.15) is 0 Å². The number of hydrogen-bond acceptors (Lipinski definition) is 2. The van der Waals surface area contributed by atoms with Crippen LogP contribution in [0.4, 0.5) is 0 Å². The Morgan fingerprint density at radius 2 is 2.36 bits per heavy atom. The van der Waals surface area contributed by atoms with Crippen LogP contribution in [0, 0.1) is 0 Å². The SMILES string of the molecule is C/C=C(\CN)CCCS(=O)O. The van der Waals surface area contributed by atoms with Crippen LogP contribution in [0.1, 0.15) is 19.8 Å². The molecule has 0 aromatic heterocycles.